The maximum atomic E-state index is 11.0. The first-order valence-electron chi connectivity index (χ1n) is 5.77. The van der Waals surface area contributed by atoms with E-state index in [0.29, 0.717) is 12.8 Å². The van der Waals surface area contributed by atoms with Gasteiger partial charge < -0.3 is 19.7 Å². The van der Waals surface area contributed by atoms with E-state index >= 15 is 0 Å². The molecule has 2 N–H and O–H groups in total. The van der Waals surface area contributed by atoms with Crippen LogP contribution in [0.5, 0.6) is 0 Å². The molecule has 0 unspecified atom stereocenters. The van der Waals surface area contributed by atoms with Crippen LogP contribution in [0.3, 0.4) is 0 Å². The highest BCUT2D eigenvalue weighted by Gasteiger charge is 2.29. The normalized spacial score (nSPS) is 12.1. The van der Waals surface area contributed by atoms with Crippen LogP contribution in [0.1, 0.15) is 40.5 Å². The molecule has 0 aliphatic carbocycles. The molecule has 0 aromatic carbocycles. The summed E-state index contributed by atoms with van der Waals surface area (Å²) >= 11 is 0. The quantitative estimate of drug-likeness (QED) is 0.645. The van der Waals surface area contributed by atoms with E-state index in [1.807, 2.05) is 0 Å². The summed E-state index contributed by atoms with van der Waals surface area (Å²) in [6.07, 6.45) is 0.925. The Kier molecular flexibility index (Phi) is 6.28. The maximum Gasteiger partial charge on any atom is 0.332 e. The summed E-state index contributed by atoms with van der Waals surface area (Å²) in [7, 11) is 0. The molecule has 0 amide bonds. The van der Waals surface area contributed by atoms with Gasteiger partial charge in [-0.2, -0.15) is 0 Å². The summed E-state index contributed by atoms with van der Waals surface area (Å²) in [5.74, 6) is -1.38. The van der Waals surface area contributed by atoms with Gasteiger partial charge in [0.25, 0.3) is 0 Å². The third-order valence-corrected chi connectivity index (χ3v) is 2.37. The number of hydrogen-bond donors (Lipinski definition) is 2. The molecule has 18 heavy (non-hydrogen) atoms. The summed E-state index contributed by atoms with van der Waals surface area (Å²) in [6.45, 7) is 5.53. The van der Waals surface area contributed by atoms with Crippen molar-refractivity contribution in [3.8, 4) is 0 Å². The van der Waals surface area contributed by atoms with Crippen molar-refractivity contribution < 1.29 is 29.3 Å². The molecule has 0 fully saturated rings. The van der Waals surface area contributed by atoms with Gasteiger partial charge in [0, 0.05) is 0 Å². The number of ether oxygens (including phenoxy) is 2. The Morgan fingerprint density at radius 3 is 1.33 bits per heavy atom. The molecular formula is C12H22O6. The van der Waals surface area contributed by atoms with Crippen LogP contribution in [-0.2, 0) is 19.1 Å². The summed E-state index contributed by atoms with van der Waals surface area (Å²) < 4.78 is 10.1. The fourth-order valence-electron chi connectivity index (χ4n) is 1.39. The highest BCUT2D eigenvalue weighted by molar-refractivity contribution is 5.71. The Hall–Kier alpha value is -1.14. The average Bonchev–Trinajstić information content (AvgIpc) is 2.25. The minimum atomic E-state index is -0.747. The summed E-state index contributed by atoms with van der Waals surface area (Å²) in [5.41, 5.74) is -1.49. The molecule has 0 aromatic heterocycles. The van der Waals surface area contributed by atoms with E-state index in [4.69, 9.17) is 19.7 Å². The van der Waals surface area contributed by atoms with Crippen molar-refractivity contribution in [1.82, 2.24) is 0 Å². The number of carbonyl (C=O) groups excluding carboxylic acids is 2. The average molecular weight is 262 g/mol. The Bertz CT molecular complexity index is 265. The minimum absolute atomic E-state index is 0.463. The molecule has 0 spiro atoms. The molecule has 0 bridgehead atoms. The zero-order valence-electron chi connectivity index (χ0n) is 11.4. The Morgan fingerprint density at radius 1 is 0.833 bits per heavy atom. The molecule has 0 rings (SSSR count). The number of rotatable bonds is 7. The number of esters is 2. The van der Waals surface area contributed by atoms with E-state index in [9.17, 15) is 9.59 Å². The minimum Gasteiger partial charge on any atom is -0.458 e. The molecule has 0 saturated heterocycles. The summed E-state index contributed by atoms with van der Waals surface area (Å²) in [5, 5.41) is 17.2. The highest BCUT2D eigenvalue weighted by Crippen LogP contribution is 2.25. The monoisotopic (exact) mass is 262 g/mol. The molecule has 0 aliphatic rings. The smallest absolute Gasteiger partial charge is 0.332 e. The van der Waals surface area contributed by atoms with Crippen molar-refractivity contribution in [3.63, 3.8) is 0 Å². The van der Waals surface area contributed by atoms with Crippen molar-refractivity contribution in [3.05, 3.63) is 0 Å². The first kappa shape index (κ1) is 16.9. The topological polar surface area (TPSA) is 93.1 Å². The maximum absolute atomic E-state index is 11.0. The van der Waals surface area contributed by atoms with Crippen LogP contribution in [0.25, 0.3) is 0 Å². The Balaban J connectivity index is 4.28. The van der Waals surface area contributed by atoms with E-state index in [-0.39, 0.29) is 0 Å². The van der Waals surface area contributed by atoms with Crippen molar-refractivity contribution in [2.75, 3.05) is 13.2 Å². The van der Waals surface area contributed by atoms with Gasteiger partial charge in [-0.15, -0.1) is 0 Å². The second-order valence-electron chi connectivity index (χ2n) is 5.28. The van der Waals surface area contributed by atoms with Crippen LogP contribution >= 0.6 is 0 Å². The number of carbonyl (C=O) groups is 2. The molecule has 106 valence electrons. The fraction of sp³-hybridized carbons (Fsp3) is 0.833. The van der Waals surface area contributed by atoms with E-state index in [1.165, 1.54) is 0 Å². The van der Waals surface area contributed by atoms with Crippen molar-refractivity contribution >= 4 is 11.9 Å². The molecule has 6 nitrogen and oxygen atoms in total. The lowest BCUT2D eigenvalue weighted by Crippen LogP contribution is -2.35. The van der Waals surface area contributed by atoms with E-state index in [2.05, 4.69) is 0 Å². The van der Waals surface area contributed by atoms with Crippen molar-refractivity contribution in [2.24, 2.45) is 0 Å². The molecule has 0 aliphatic heterocycles. The fourth-order valence-corrected chi connectivity index (χ4v) is 1.39. The van der Waals surface area contributed by atoms with Gasteiger partial charge in [0.1, 0.15) is 24.4 Å². The molecule has 0 radical (unpaired) electrons. The lowest BCUT2D eigenvalue weighted by atomic mass is 9.94. The second kappa shape index (κ2) is 6.70. The third-order valence-electron chi connectivity index (χ3n) is 2.37. The standard InChI is InChI=1S/C12H22O6/c1-11(2,17-9(15)7-13)5-6-12(3,4)18-10(16)8-14/h13-14H,5-8H2,1-4H3. The van der Waals surface area contributed by atoms with Gasteiger partial charge in [0.15, 0.2) is 0 Å². The SMILES string of the molecule is CC(C)(CCC(C)(C)OC(=O)CO)OC(=O)CO. The van der Waals surface area contributed by atoms with Gasteiger partial charge in [0.05, 0.1) is 0 Å². The first-order valence-corrected chi connectivity index (χ1v) is 5.77. The lowest BCUT2D eigenvalue weighted by molar-refractivity contribution is -0.167. The lowest BCUT2D eigenvalue weighted by Gasteiger charge is -2.30. The van der Waals surface area contributed by atoms with Crippen molar-refractivity contribution in [2.45, 2.75) is 51.7 Å². The van der Waals surface area contributed by atoms with Gasteiger partial charge in [-0.3, -0.25) is 0 Å². The van der Waals surface area contributed by atoms with Crippen molar-refractivity contribution in [1.29, 1.82) is 0 Å². The highest BCUT2D eigenvalue weighted by atomic mass is 16.6. The summed E-state index contributed by atoms with van der Waals surface area (Å²) in [4.78, 5) is 22.0. The van der Waals surface area contributed by atoms with E-state index in [1.54, 1.807) is 27.7 Å². The zero-order chi connectivity index (χ0) is 14.4. The third kappa shape index (κ3) is 7.24. The number of aliphatic hydroxyl groups is 2. The van der Waals surface area contributed by atoms with Crippen LogP contribution in [-0.4, -0.2) is 46.6 Å². The van der Waals surface area contributed by atoms with Gasteiger partial charge >= 0.3 is 11.9 Å². The zero-order valence-corrected chi connectivity index (χ0v) is 11.4. The number of hydrogen-bond acceptors (Lipinski definition) is 6. The summed E-state index contributed by atoms with van der Waals surface area (Å²) in [6, 6.07) is 0. The van der Waals surface area contributed by atoms with Crippen LogP contribution in [0.15, 0.2) is 0 Å². The van der Waals surface area contributed by atoms with E-state index < -0.39 is 36.4 Å². The van der Waals surface area contributed by atoms with Gasteiger partial charge in [-0.1, -0.05) is 0 Å². The largest absolute Gasteiger partial charge is 0.458 e. The van der Waals surface area contributed by atoms with Gasteiger partial charge in [-0.05, 0) is 40.5 Å². The van der Waals surface area contributed by atoms with Crippen LogP contribution < -0.4 is 0 Å². The first-order chi connectivity index (χ1) is 8.12. The molecular weight excluding hydrogens is 240 g/mol. The molecule has 0 aromatic rings. The van der Waals surface area contributed by atoms with Crippen LogP contribution in [0.2, 0.25) is 0 Å². The molecule has 0 atom stereocenters. The molecule has 0 heterocycles. The van der Waals surface area contributed by atoms with Crippen LogP contribution in [0, 0.1) is 0 Å². The van der Waals surface area contributed by atoms with Gasteiger partial charge in [-0.25, -0.2) is 9.59 Å². The Morgan fingerprint density at radius 2 is 1.11 bits per heavy atom. The molecule has 0 saturated carbocycles. The predicted molar refractivity (Wildman–Crippen MR) is 63.7 cm³/mol. The predicted octanol–water partition coefficient (Wildman–Crippen LogP) is 0.395. The van der Waals surface area contributed by atoms with Crippen LogP contribution in [0.4, 0.5) is 0 Å². The van der Waals surface area contributed by atoms with Gasteiger partial charge in [0.2, 0.25) is 0 Å². The Labute approximate surface area is 107 Å². The van der Waals surface area contributed by atoms with E-state index in [0.717, 1.165) is 0 Å². The second-order valence-corrected chi connectivity index (χ2v) is 5.28. The number of aliphatic hydroxyl groups excluding tert-OH is 2. The molecule has 6 heteroatoms.